The van der Waals surface area contributed by atoms with Gasteiger partial charge in [0.05, 0.1) is 6.04 Å². The molecule has 1 aromatic rings. The molecular weight excluding hydrogens is 242 g/mol. The van der Waals surface area contributed by atoms with Crippen molar-refractivity contribution in [2.45, 2.75) is 39.2 Å². The van der Waals surface area contributed by atoms with Gasteiger partial charge in [-0.1, -0.05) is 25.8 Å². The average molecular weight is 263 g/mol. The molecule has 2 amide bonds. The van der Waals surface area contributed by atoms with Crippen LogP contribution in [-0.2, 0) is 9.59 Å². The Kier molecular flexibility index (Phi) is 6.02. The summed E-state index contributed by atoms with van der Waals surface area (Å²) in [5.74, 6) is -0.350. The summed E-state index contributed by atoms with van der Waals surface area (Å²) in [5.41, 5.74) is 7.06. The third-order valence-corrected chi connectivity index (χ3v) is 2.66. The largest absolute Gasteiger partial charge is 0.326 e. The van der Waals surface area contributed by atoms with Crippen molar-refractivity contribution in [2.24, 2.45) is 5.73 Å². The number of carbonyl (C=O) groups excluding carboxylic acids is 2. The molecule has 104 valence electrons. The normalized spacial score (nSPS) is 11.7. The van der Waals surface area contributed by atoms with Crippen LogP contribution in [0.5, 0.6) is 0 Å². The summed E-state index contributed by atoms with van der Waals surface area (Å²) >= 11 is 0. The molecule has 0 saturated carbocycles. The molecule has 0 spiro atoms. The fraction of sp³-hybridized carbons (Fsp3) is 0.429. The number of hydrogen-bond acceptors (Lipinski definition) is 3. The zero-order chi connectivity index (χ0) is 14.3. The van der Waals surface area contributed by atoms with Gasteiger partial charge in [0.2, 0.25) is 11.8 Å². The van der Waals surface area contributed by atoms with Gasteiger partial charge in [-0.2, -0.15) is 0 Å². The van der Waals surface area contributed by atoms with Gasteiger partial charge >= 0.3 is 0 Å². The minimum absolute atomic E-state index is 0.150. The van der Waals surface area contributed by atoms with Gasteiger partial charge in [0.25, 0.3) is 0 Å². The fourth-order valence-electron chi connectivity index (χ4n) is 1.67. The molecule has 1 atom stereocenters. The van der Waals surface area contributed by atoms with E-state index in [1.165, 1.54) is 6.92 Å². The van der Waals surface area contributed by atoms with Crippen molar-refractivity contribution < 1.29 is 9.59 Å². The van der Waals surface area contributed by atoms with Gasteiger partial charge in [-0.05, 0) is 24.6 Å². The second-order valence-corrected chi connectivity index (χ2v) is 4.50. The van der Waals surface area contributed by atoms with Gasteiger partial charge in [0.15, 0.2) is 0 Å². The molecular formula is C14H21N3O2. The van der Waals surface area contributed by atoms with Crippen molar-refractivity contribution in [3.8, 4) is 0 Å². The van der Waals surface area contributed by atoms with Gasteiger partial charge < -0.3 is 16.4 Å². The van der Waals surface area contributed by atoms with Crippen LogP contribution in [0, 0.1) is 0 Å². The Morgan fingerprint density at radius 1 is 1.26 bits per heavy atom. The van der Waals surface area contributed by atoms with Crippen molar-refractivity contribution in [2.75, 3.05) is 10.6 Å². The van der Waals surface area contributed by atoms with Crippen LogP contribution in [0.1, 0.15) is 33.1 Å². The summed E-state index contributed by atoms with van der Waals surface area (Å²) in [4.78, 5) is 22.8. The van der Waals surface area contributed by atoms with E-state index in [0.717, 1.165) is 12.8 Å². The quantitative estimate of drug-likeness (QED) is 0.734. The Morgan fingerprint density at radius 3 is 2.47 bits per heavy atom. The highest BCUT2D eigenvalue weighted by Crippen LogP contribution is 2.15. The zero-order valence-corrected chi connectivity index (χ0v) is 11.4. The second kappa shape index (κ2) is 7.53. The lowest BCUT2D eigenvalue weighted by molar-refractivity contribution is -0.117. The van der Waals surface area contributed by atoms with E-state index < -0.39 is 6.04 Å². The van der Waals surface area contributed by atoms with Crippen LogP contribution in [0.2, 0.25) is 0 Å². The first-order valence-corrected chi connectivity index (χ1v) is 6.47. The number of nitrogens with one attached hydrogen (secondary N) is 2. The number of nitrogens with two attached hydrogens (primary N) is 1. The number of anilines is 2. The maximum Gasteiger partial charge on any atom is 0.241 e. The predicted molar refractivity (Wildman–Crippen MR) is 76.9 cm³/mol. The summed E-state index contributed by atoms with van der Waals surface area (Å²) in [5, 5.41) is 5.41. The number of rotatable bonds is 6. The van der Waals surface area contributed by atoms with Crippen molar-refractivity contribution in [3.05, 3.63) is 24.3 Å². The molecule has 5 heteroatoms. The van der Waals surface area contributed by atoms with Crippen molar-refractivity contribution in [3.63, 3.8) is 0 Å². The van der Waals surface area contributed by atoms with Gasteiger partial charge in [-0.15, -0.1) is 0 Å². The Balaban J connectivity index is 2.61. The first kappa shape index (κ1) is 15.2. The van der Waals surface area contributed by atoms with E-state index in [-0.39, 0.29) is 11.8 Å². The third kappa shape index (κ3) is 5.52. The molecule has 5 nitrogen and oxygen atoms in total. The lowest BCUT2D eigenvalue weighted by atomic mass is 10.1. The molecule has 1 aromatic carbocycles. The van der Waals surface area contributed by atoms with Crippen LogP contribution in [-0.4, -0.2) is 17.9 Å². The zero-order valence-electron chi connectivity index (χ0n) is 11.4. The molecule has 1 unspecified atom stereocenters. The number of hydrogen-bond donors (Lipinski definition) is 3. The molecule has 0 aliphatic rings. The van der Waals surface area contributed by atoms with Crippen LogP contribution < -0.4 is 16.4 Å². The standard InChI is InChI=1S/C14H21N3O2/c1-3-4-8-13(15)14(19)17-12-7-5-6-11(9-12)16-10(2)18/h5-7,9,13H,3-4,8,15H2,1-2H3,(H,16,18)(H,17,19). The summed E-state index contributed by atoms with van der Waals surface area (Å²) in [6.07, 6.45) is 2.62. The average Bonchev–Trinajstić information content (AvgIpc) is 2.35. The molecule has 0 fully saturated rings. The molecule has 19 heavy (non-hydrogen) atoms. The molecule has 0 aliphatic carbocycles. The van der Waals surface area contributed by atoms with Gasteiger partial charge in [0.1, 0.15) is 0 Å². The topological polar surface area (TPSA) is 84.2 Å². The van der Waals surface area contributed by atoms with Crippen molar-refractivity contribution in [1.82, 2.24) is 0 Å². The lowest BCUT2D eigenvalue weighted by Crippen LogP contribution is -2.35. The number of amides is 2. The minimum Gasteiger partial charge on any atom is -0.326 e. The maximum absolute atomic E-state index is 11.8. The van der Waals surface area contributed by atoms with Gasteiger partial charge in [-0.3, -0.25) is 9.59 Å². The van der Waals surface area contributed by atoms with Crippen molar-refractivity contribution in [1.29, 1.82) is 0 Å². The summed E-state index contributed by atoms with van der Waals surface area (Å²) < 4.78 is 0. The first-order valence-electron chi connectivity index (χ1n) is 6.47. The number of benzene rings is 1. The highest BCUT2D eigenvalue weighted by molar-refractivity contribution is 5.96. The van der Waals surface area contributed by atoms with Gasteiger partial charge in [0, 0.05) is 18.3 Å². The molecule has 0 aliphatic heterocycles. The molecule has 4 N–H and O–H groups in total. The van der Waals surface area contributed by atoms with Crippen LogP contribution in [0.25, 0.3) is 0 Å². The molecule has 0 radical (unpaired) electrons. The van der Waals surface area contributed by atoms with E-state index in [9.17, 15) is 9.59 Å². The van der Waals surface area contributed by atoms with Crippen LogP contribution in [0.15, 0.2) is 24.3 Å². The van der Waals surface area contributed by atoms with Crippen LogP contribution in [0.4, 0.5) is 11.4 Å². The summed E-state index contributed by atoms with van der Waals surface area (Å²) in [6, 6.07) is 6.48. The predicted octanol–water partition coefficient (Wildman–Crippen LogP) is 2.10. The smallest absolute Gasteiger partial charge is 0.241 e. The lowest BCUT2D eigenvalue weighted by Gasteiger charge is -2.12. The number of unbranched alkanes of at least 4 members (excludes halogenated alkanes) is 1. The van der Waals surface area contributed by atoms with Crippen molar-refractivity contribution >= 4 is 23.2 Å². The molecule has 0 saturated heterocycles. The third-order valence-electron chi connectivity index (χ3n) is 2.66. The second-order valence-electron chi connectivity index (χ2n) is 4.50. The summed E-state index contributed by atoms with van der Waals surface area (Å²) in [6.45, 7) is 3.49. The van der Waals surface area contributed by atoms with Gasteiger partial charge in [-0.25, -0.2) is 0 Å². The van der Waals surface area contributed by atoms with E-state index >= 15 is 0 Å². The highest BCUT2D eigenvalue weighted by atomic mass is 16.2. The Hall–Kier alpha value is -1.88. The van der Waals surface area contributed by atoms with E-state index in [4.69, 9.17) is 5.73 Å². The van der Waals surface area contributed by atoms with E-state index in [1.54, 1.807) is 24.3 Å². The van der Waals surface area contributed by atoms with Crippen LogP contribution >= 0.6 is 0 Å². The molecule has 0 bridgehead atoms. The monoisotopic (exact) mass is 263 g/mol. The molecule has 0 aromatic heterocycles. The van der Waals surface area contributed by atoms with E-state index in [2.05, 4.69) is 17.6 Å². The SMILES string of the molecule is CCCCC(N)C(=O)Nc1cccc(NC(C)=O)c1. The maximum atomic E-state index is 11.8. The minimum atomic E-state index is -0.496. The number of carbonyl (C=O) groups is 2. The van der Waals surface area contributed by atoms with E-state index in [0.29, 0.717) is 17.8 Å². The molecule has 1 rings (SSSR count). The Morgan fingerprint density at radius 2 is 1.89 bits per heavy atom. The Bertz CT molecular complexity index is 446. The Labute approximate surface area is 113 Å². The van der Waals surface area contributed by atoms with E-state index in [1.807, 2.05) is 0 Å². The van der Waals surface area contributed by atoms with Crippen LogP contribution in [0.3, 0.4) is 0 Å². The summed E-state index contributed by atoms with van der Waals surface area (Å²) in [7, 11) is 0. The highest BCUT2D eigenvalue weighted by Gasteiger charge is 2.12. The first-order chi connectivity index (χ1) is 9.02. The fourth-order valence-corrected chi connectivity index (χ4v) is 1.67. The molecule has 0 heterocycles.